The maximum Gasteiger partial charge on any atom is 0.411 e. The molecule has 2 atom stereocenters. The molecule has 1 aliphatic carbocycles. The zero-order valence-electron chi connectivity index (χ0n) is 14.1. The predicted molar refractivity (Wildman–Crippen MR) is 86.4 cm³/mol. The highest BCUT2D eigenvalue weighted by atomic mass is 19.4. The minimum Gasteiger partial charge on any atom is -0.497 e. The van der Waals surface area contributed by atoms with Crippen LogP contribution in [0.4, 0.5) is 18.0 Å². The van der Waals surface area contributed by atoms with Crippen molar-refractivity contribution in [3.05, 3.63) is 29.8 Å². The van der Waals surface area contributed by atoms with E-state index in [9.17, 15) is 18.0 Å². The van der Waals surface area contributed by atoms with Gasteiger partial charge in [0.2, 0.25) is 0 Å². The van der Waals surface area contributed by atoms with Gasteiger partial charge in [-0.25, -0.2) is 4.79 Å². The van der Waals surface area contributed by atoms with Gasteiger partial charge in [0.25, 0.3) is 0 Å². The van der Waals surface area contributed by atoms with Gasteiger partial charge in [-0.05, 0) is 43.4 Å². The van der Waals surface area contributed by atoms with Crippen LogP contribution in [0.5, 0.6) is 5.75 Å². The molecule has 2 N–H and O–H groups in total. The summed E-state index contributed by atoms with van der Waals surface area (Å²) >= 11 is 0. The van der Waals surface area contributed by atoms with Crippen molar-refractivity contribution in [2.75, 3.05) is 13.7 Å². The molecule has 1 saturated carbocycles. The van der Waals surface area contributed by atoms with E-state index < -0.39 is 18.9 Å². The first-order valence-electron chi connectivity index (χ1n) is 8.21. The molecule has 0 saturated heterocycles. The maximum absolute atomic E-state index is 12.2. The van der Waals surface area contributed by atoms with Gasteiger partial charge in [-0.2, -0.15) is 13.2 Å². The fourth-order valence-electron chi connectivity index (χ4n) is 2.80. The average Bonchev–Trinajstić information content (AvgIpc) is 2.58. The van der Waals surface area contributed by atoms with Crippen LogP contribution in [0.15, 0.2) is 24.3 Å². The molecule has 0 aromatic heterocycles. The minimum absolute atomic E-state index is 0.178. The lowest BCUT2D eigenvalue weighted by molar-refractivity contribution is -0.188. The molecule has 0 radical (unpaired) electrons. The first-order valence-corrected chi connectivity index (χ1v) is 8.21. The quantitative estimate of drug-likeness (QED) is 0.818. The lowest BCUT2D eigenvalue weighted by Crippen LogP contribution is -2.45. The van der Waals surface area contributed by atoms with Crippen molar-refractivity contribution in [2.24, 2.45) is 0 Å². The molecule has 1 fully saturated rings. The summed E-state index contributed by atoms with van der Waals surface area (Å²) in [6.45, 7) is -0.884. The highest BCUT2D eigenvalue weighted by Gasteiger charge is 2.31. The Bertz CT molecular complexity index is 549. The van der Waals surface area contributed by atoms with Crippen LogP contribution < -0.4 is 15.4 Å². The summed E-state index contributed by atoms with van der Waals surface area (Å²) in [6, 6.07) is 6.79. The Balaban J connectivity index is 1.71. The smallest absolute Gasteiger partial charge is 0.411 e. The number of urea groups is 1. The Morgan fingerprint density at radius 2 is 1.96 bits per heavy atom. The van der Waals surface area contributed by atoms with Gasteiger partial charge < -0.3 is 20.1 Å². The van der Waals surface area contributed by atoms with E-state index in [1.807, 2.05) is 12.1 Å². The molecule has 25 heavy (non-hydrogen) atoms. The van der Waals surface area contributed by atoms with Crippen LogP contribution in [0.2, 0.25) is 0 Å². The topological polar surface area (TPSA) is 59.6 Å². The third kappa shape index (κ3) is 7.21. The number of ether oxygens (including phenoxy) is 2. The molecule has 0 heterocycles. The van der Waals surface area contributed by atoms with Crippen LogP contribution in [0.3, 0.4) is 0 Å². The molecule has 0 bridgehead atoms. The molecule has 2 amide bonds. The molecule has 0 unspecified atom stereocenters. The highest BCUT2D eigenvalue weighted by molar-refractivity contribution is 5.74. The normalized spacial score (nSPS) is 20.8. The monoisotopic (exact) mass is 360 g/mol. The Labute approximate surface area is 144 Å². The van der Waals surface area contributed by atoms with Gasteiger partial charge in [0, 0.05) is 12.6 Å². The van der Waals surface area contributed by atoms with E-state index in [1.165, 1.54) is 0 Å². The summed E-state index contributed by atoms with van der Waals surface area (Å²) in [7, 11) is 1.58. The minimum atomic E-state index is -4.32. The van der Waals surface area contributed by atoms with Crippen molar-refractivity contribution in [3.8, 4) is 5.75 Å². The van der Waals surface area contributed by atoms with Gasteiger partial charge in [0.05, 0.1) is 13.2 Å². The Morgan fingerprint density at radius 1 is 1.24 bits per heavy atom. The summed E-state index contributed by atoms with van der Waals surface area (Å²) in [5.74, 6) is 0.736. The third-order valence-corrected chi connectivity index (χ3v) is 4.06. The molecular weight excluding hydrogens is 337 g/mol. The molecule has 140 valence electrons. The van der Waals surface area contributed by atoms with Crippen LogP contribution >= 0.6 is 0 Å². The largest absolute Gasteiger partial charge is 0.497 e. The second kappa shape index (κ2) is 8.94. The second-order valence-electron chi connectivity index (χ2n) is 6.09. The van der Waals surface area contributed by atoms with Gasteiger partial charge >= 0.3 is 12.2 Å². The standard InChI is InChI=1S/C17H23F3N2O3/c1-24-14-7-5-12(6-8-14)10-21-16(23)22-13-3-2-4-15(9-13)25-11-17(18,19)20/h5-8,13,15H,2-4,9-11H2,1H3,(H2,21,22,23)/t13-,15+/m0/s1. The van der Waals surface area contributed by atoms with E-state index in [0.717, 1.165) is 24.2 Å². The van der Waals surface area contributed by atoms with Crippen LogP contribution in [0, 0.1) is 0 Å². The molecule has 0 aliphatic heterocycles. The zero-order chi connectivity index (χ0) is 18.3. The number of nitrogens with one attached hydrogen (secondary N) is 2. The second-order valence-corrected chi connectivity index (χ2v) is 6.09. The lowest BCUT2D eigenvalue weighted by Gasteiger charge is -2.30. The van der Waals surface area contributed by atoms with Crippen molar-refractivity contribution >= 4 is 6.03 Å². The number of hydrogen-bond acceptors (Lipinski definition) is 3. The predicted octanol–water partition coefficient (Wildman–Crippen LogP) is 3.38. The highest BCUT2D eigenvalue weighted by Crippen LogP contribution is 2.24. The first kappa shape index (κ1) is 19.4. The van der Waals surface area contributed by atoms with E-state index in [2.05, 4.69) is 10.6 Å². The van der Waals surface area contributed by atoms with E-state index >= 15 is 0 Å². The van der Waals surface area contributed by atoms with Crippen LogP contribution in [0.1, 0.15) is 31.2 Å². The number of carbonyl (C=O) groups excluding carboxylic acids is 1. The van der Waals surface area contributed by atoms with Gasteiger partial charge in [0.1, 0.15) is 12.4 Å². The molecule has 1 aliphatic rings. The molecule has 0 spiro atoms. The number of alkyl halides is 3. The van der Waals surface area contributed by atoms with Crippen LogP contribution in [-0.2, 0) is 11.3 Å². The molecule has 1 aromatic carbocycles. The van der Waals surface area contributed by atoms with Gasteiger partial charge in [-0.1, -0.05) is 12.1 Å². The Morgan fingerprint density at radius 3 is 2.60 bits per heavy atom. The number of rotatable bonds is 6. The fourth-order valence-corrected chi connectivity index (χ4v) is 2.80. The molecule has 1 aromatic rings. The lowest BCUT2D eigenvalue weighted by atomic mass is 9.93. The SMILES string of the molecule is COc1ccc(CNC(=O)N[C@H]2CCC[C@@H](OCC(F)(F)F)C2)cc1. The van der Waals surface area contributed by atoms with Crippen molar-refractivity contribution < 1.29 is 27.4 Å². The van der Waals surface area contributed by atoms with E-state index in [4.69, 9.17) is 9.47 Å². The van der Waals surface area contributed by atoms with Crippen molar-refractivity contribution in [2.45, 2.75) is 50.6 Å². The number of benzene rings is 1. The average molecular weight is 360 g/mol. The molecule has 2 rings (SSSR count). The van der Waals surface area contributed by atoms with Gasteiger partial charge in [0.15, 0.2) is 0 Å². The van der Waals surface area contributed by atoms with Crippen LogP contribution in [-0.4, -0.2) is 38.1 Å². The number of amides is 2. The molecular formula is C17H23F3N2O3. The first-order chi connectivity index (χ1) is 11.9. The fraction of sp³-hybridized carbons (Fsp3) is 0.588. The third-order valence-electron chi connectivity index (χ3n) is 4.06. The summed E-state index contributed by atoms with van der Waals surface area (Å²) in [5, 5.41) is 5.55. The summed E-state index contributed by atoms with van der Waals surface area (Å²) in [5.41, 5.74) is 0.922. The molecule has 8 heteroatoms. The number of methoxy groups -OCH3 is 1. The summed E-state index contributed by atoms with van der Waals surface area (Å²) in [4.78, 5) is 12.0. The van der Waals surface area contributed by atoms with Gasteiger partial charge in [-0.15, -0.1) is 0 Å². The maximum atomic E-state index is 12.2. The van der Waals surface area contributed by atoms with Crippen LogP contribution in [0.25, 0.3) is 0 Å². The zero-order valence-corrected chi connectivity index (χ0v) is 14.1. The van der Waals surface area contributed by atoms with Gasteiger partial charge in [-0.3, -0.25) is 0 Å². The van der Waals surface area contributed by atoms with E-state index in [-0.39, 0.29) is 12.1 Å². The van der Waals surface area contributed by atoms with Crippen molar-refractivity contribution in [1.82, 2.24) is 10.6 Å². The van der Waals surface area contributed by atoms with Crippen molar-refractivity contribution in [1.29, 1.82) is 0 Å². The number of halogens is 3. The summed E-state index contributed by atoms with van der Waals surface area (Å²) in [6.07, 6.45) is -2.35. The number of carbonyl (C=O) groups is 1. The van der Waals surface area contributed by atoms with E-state index in [0.29, 0.717) is 19.4 Å². The van der Waals surface area contributed by atoms with Crippen molar-refractivity contribution in [3.63, 3.8) is 0 Å². The Kier molecular flexibility index (Phi) is 6.92. The Hall–Kier alpha value is -1.96. The molecule has 5 nitrogen and oxygen atoms in total. The van der Waals surface area contributed by atoms with E-state index in [1.54, 1.807) is 19.2 Å². The summed E-state index contributed by atoms with van der Waals surface area (Å²) < 4.78 is 46.6. The number of hydrogen-bond donors (Lipinski definition) is 2.